The zero-order valence-corrected chi connectivity index (χ0v) is 20.3. The molecule has 0 fully saturated rings. The van der Waals surface area contributed by atoms with Crippen molar-refractivity contribution >= 4 is 34.3 Å². The predicted molar refractivity (Wildman–Crippen MR) is 135 cm³/mol. The number of carbonyl (C=O) groups is 1. The summed E-state index contributed by atoms with van der Waals surface area (Å²) in [6, 6.07) is 14.9. The molecule has 0 unspecified atom stereocenters. The number of para-hydroxylation sites is 2. The van der Waals surface area contributed by atoms with Gasteiger partial charge in [-0.2, -0.15) is 0 Å². The first kappa shape index (κ1) is 23.6. The van der Waals surface area contributed by atoms with Crippen LogP contribution in [0.15, 0.2) is 70.6 Å². The van der Waals surface area contributed by atoms with Crippen LogP contribution >= 0.6 is 11.8 Å². The van der Waals surface area contributed by atoms with Crippen molar-refractivity contribution in [2.45, 2.75) is 25.5 Å². The van der Waals surface area contributed by atoms with Gasteiger partial charge in [0.15, 0.2) is 5.16 Å². The average molecular weight is 478 g/mol. The molecule has 9 heteroatoms. The Bertz CT molecular complexity index is 1430. The van der Waals surface area contributed by atoms with E-state index in [1.54, 1.807) is 22.6 Å². The van der Waals surface area contributed by atoms with Crippen LogP contribution < -0.4 is 10.3 Å². The topological polar surface area (TPSA) is 81.7 Å². The van der Waals surface area contributed by atoms with E-state index in [-0.39, 0.29) is 23.8 Å². The minimum Gasteiger partial charge on any atom is -0.496 e. The van der Waals surface area contributed by atoms with Gasteiger partial charge < -0.3 is 9.64 Å². The van der Waals surface area contributed by atoms with Crippen LogP contribution in [0.1, 0.15) is 19.4 Å². The van der Waals surface area contributed by atoms with Gasteiger partial charge >= 0.3 is 0 Å². The number of aromatic nitrogens is 4. The van der Waals surface area contributed by atoms with E-state index >= 15 is 0 Å². The molecule has 0 aliphatic rings. The summed E-state index contributed by atoms with van der Waals surface area (Å²) in [4.78, 5) is 28.0. The Labute approximate surface area is 201 Å². The number of amides is 1. The molecule has 0 N–H and O–H groups in total. The molecule has 0 saturated heterocycles. The first-order valence-corrected chi connectivity index (χ1v) is 12.0. The molecule has 1 amide bonds. The summed E-state index contributed by atoms with van der Waals surface area (Å²) in [6.07, 6.45) is 0. The fourth-order valence-electron chi connectivity index (χ4n) is 3.89. The number of fused-ring (bicyclic) bond motifs is 3. The molecule has 0 radical (unpaired) electrons. The summed E-state index contributed by atoms with van der Waals surface area (Å²) < 4.78 is 8.92. The molecule has 2 aromatic heterocycles. The molecule has 0 spiro atoms. The van der Waals surface area contributed by atoms with Crippen molar-refractivity contribution < 1.29 is 9.53 Å². The van der Waals surface area contributed by atoms with Crippen LogP contribution in [0.5, 0.6) is 5.75 Å². The van der Waals surface area contributed by atoms with Crippen molar-refractivity contribution in [3.05, 3.63) is 76.6 Å². The van der Waals surface area contributed by atoms with Crippen LogP contribution in [0.2, 0.25) is 0 Å². The van der Waals surface area contributed by atoms with Gasteiger partial charge in [-0.25, -0.2) is 0 Å². The fourth-order valence-corrected chi connectivity index (χ4v) is 4.74. The monoisotopic (exact) mass is 477 g/mol. The third-order valence-corrected chi connectivity index (χ3v) is 6.43. The van der Waals surface area contributed by atoms with Crippen molar-refractivity contribution in [3.8, 4) is 5.75 Å². The molecule has 0 bridgehead atoms. The number of thioether (sulfide) groups is 1. The maximum atomic E-state index is 13.4. The number of rotatable bonds is 9. The van der Waals surface area contributed by atoms with Crippen molar-refractivity contribution in [1.29, 1.82) is 0 Å². The molecule has 2 aromatic carbocycles. The molecule has 8 nitrogen and oxygen atoms in total. The van der Waals surface area contributed by atoms with Crippen LogP contribution in [0.4, 0.5) is 0 Å². The maximum absolute atomic E-state index is 13.4. The van der Waals surface area contributed by atoms with E-state index < -0.39 is 0 Å². The number of hydrogen-bond donors (Lipinski definition) is 0. The second-order valence-electron chi connectivity index (χ2n) is 7.99. The number of benzene rings is 2. The Morgan fingerprint density at radius 1 is 1.15 bits per heavy atom. The van der Waals surface area contributed by atoms with E-state index in [0.717, 1.165) is 11.1 Å². The van der Waals surface area contributed by atoms with Crippen LogP contribution in [-0.2, 0) is 11.3 Å². The number of carbonyl (C=O) groups excluding carboxylic acids is 1. The average Bonchev–Trinajstić information content (AvgIpc) is 3.27. The molecule has 0 atom stereocenters. The van der Waals surface area contributed by atoms with Crippen LogP contribution in [-0.4, -0.2) is 55.9 Å². The molecular weight excluding hydrogens is 450 g/mol. The zero-order chi connectivity index (χ0) is 24.2. The highest BCUT2D eigenvalue weighted by Gasteiger charge is 2.20. The third-order valence-electron chi connectivity index (χ3n) is 5.52. The first-order valence-electron chi connectivity index (χ1n) is 11.0. The van der Waals surface area contributed by atoms with E-state index in [2.05, 4.69) is 16.8 Å². The van der Waals surface area contributed by atoms with Gasteiger partial charge in [0, 0.05) is 18.7 Å². The lowest BCUT2D eigenvalue weighted by Gasteiger charge is -2.20. The van der Waals surface area contributed by atoms with E-state index in [9.17, 15) is 9.59 Å². The van der Waals surface area contributed by atoms with Gasteiger partial charge in [-0.15, -0.1) is 10.2 Å². The molecule has 176 valence electrons. The Balaban J connectivity index is 1.77. The van der Waals surface area contributed by atoms with Crippen molar-refractivity contribution in [1.82, 2.24) is 24.1 Å². The third kappa shape index (κ3) is 4.56. The molecule has 0 saturated carbocycles. The normalized spacial score (nSPS) is 11.1. The highest BCUT2D eigenvalue weighted by Crippen LogP contribution is 2.24. The van der Waals surface area contributed by atoms with Gasteiger partial charge in [-0.3, -0.25) is 18.6 Å². The van der Waals surface area contributed by atoms with Crippen LogP contribution in [0, 0.1) is 0 Å². The standard InChI is InChI=1S/C25H27N5O3S/c1-5-28(14-17(2)3)22(31)16-34-25-27-26-24-29(15-18-10-6-9-13-21(18)33-4)23(32)19-11-7-8-12-20(19)30(24)25/h6-13H,2,5,14-16H2,1,3-4H3. The second-order valence-corrected chi connectivity index (χ2v) is 8.93. The van der Waals surface area contributed by atoms with Crippen molar-refractivity contribution in [2.75, 3.05) is 26.0 Å². The van der Waals surface area contributed by atoms with Gasteiger partial charge in [-0.05, 0) is 32.0 Å². The van der Waals surface area contributed by atoms with Gasteiger partial charge in [0.05, 0.1) is 30.3 Å². The smallest absolute Gasteiger partial charge is 0.263 e. The number of likely N-dealkylation sites (N-methyl/N-ethyl adjacent to an activating group) is 1. The minimum atomic E-state index is -0.160. The van der Waals surface area contributed by atoms with Gasteiger partial charge in [0.1, 0.15) is 5.75 Å². The van der Waals surface area contributed by atoms with Gasteiger partial charge in [0.2, 0.25) is 11.7 Å². The molecule has 0 aliphatic heterocycles. The van der Waals surface area contributed by atoms with Crippen LogP contribution in [0.3, 0.4) is 0 Å². The Hall–Kier alpha value is -3.59. The predicted octanol–water partition coefficient (Wildman–Crippen LogP) is 3.62. The molecule has 2 heterocycles. The minimum absolute atomic E-state index is 0.00102. The number of ether oxygens (including phenoxy) is 1. The van der Waals surface area contributed by atoms with Crippen molar-refractivity contribution in [2.24, 2.45) is 0 Å². The van der Waals surface area contributed by atoms with Gasteiger partial charge in [0.25, 0.3) is 5.56 Å². The highest BCUT2D eigenvalue weighted by molar-refractivity contribution is 7.99. The lowest BCUT2D eigenvalue weighted by Crippen LogP contribution is -2.33. The molecular formula is C25H27N5O3S. The lowest BCUT2D eigenvalue weighted by molar-refractivity contribution is -0.127. The van der Waals surface area contributed by atoms with Gasteiger partial charge in [-0.1, -0.05) is 54.2 Å². The second kappa shape index (κ2) is 10.1. The van der Waals surface area contributed by atoms with E-state index in [4.69, 9.17) is 4.74 Å². The highest BCUT2D eigenvalue weighted by atomic mass is 32.2. The zero-order valence-electron chi connectivity index (χ0n) is 19.5. The molecule has 0 aliphatic carbocycles. The largest absolute Gasteiger partial charge is 0.496 e. The fraction of sp³-hybridized carbons (Fsp3) is 0.280. The van der Waals surface area contributed by atoms with E-state index in [1.807, 2.05) is 60.7 Å². The van der Waals surface area contributed by atoms with E-state index in [0.29, 0.717) is 40.7 Å². The summed E-state index contributed by atoms with van der Waals surface area (Å²) in [5.74, 6) is 1.32. The summed E-state index contributed by atoms with van der Waals surface area (Å²) in [5.41, 5.74) is 2.33. The SMILES string of the molecule is C=C(C)CN(CC)C(=O)CSc1nnc2n(Cc3ccccc3OC)c(=O)c3ccccc3n12. The summed E-state index contributed by atoms with van der Waals surface area (Å²) in [7, 11) is 1.61. The first-order chi connectivity index (χ1) is 16.4. The molecule has 4 rings (SSSR count). The quantitative estimate of drug-likeness (QED) is 0.271. The van der Waals surface area contributed by atoms with E-state index in [1.165, 1.54) is 11.8 Å². The Kier molecular flexibility index (Phi) is 7.02. The van der Waals surface area contributed by atoms with Crippen molar-refractivity contribution in [3.63, 3.8) is 0 Å². The number of methoxy groups -OCH3 is 1. The maximum Gasteiger partial charge on any atom is 0.263 e. The molecule has 4 aromatic rings. The summed E-state index contributed by atoms with van der Waals surface area (Å²) >= 11 is 1.31. The lowest BCUT2D eigenvalue weighted by atomic mass is 10.2. The Morgan fingerprint density at radius 2 is 1.88 bits per heavy atom. The summed E-state index contributed by atoms with van der Waals surface area (Å²) in [6.45, 7) is 9.17. The molecule has 34 heavy (non-hydrogen) atoms. The Morgan fingerprint density at radius 3 is 2.62 bits per heavy atom. The summed E-state index contributed by atoms with van der Waals surface area (Å²) in [5, 5.41) is 9.80. The number of nitrogens with zero attached hydrogens (tertiary/aromatic N) is 5. The number of hydrogen-bond acceptors (Lipinski definition) is 6. The van der Waals surface area contributed by atoms with Crippen LogP contribution in [0.25, 0.3) is 16.7 Å².